The Morgan fingerprint density at radius 3 is 2.44 bits per heavy atom. The minimum atomic E-state index is -4.45. The Morgan fingerprint density at radius 2 is 1.78 bits per heavy atom. The number of nitrogens with zero attached hydrogens (tertiary/aromatic N) is 1. The van der Waals surface area contributed by atoms with E-state index in [1.54, 1.807) is 18.2 Å². The highest BCUT2D eigenvalue weighted by molar-refractivity contribution is 5.85. The van der Waals surface area contributed by atoms with Crippen LogP contribution in [-0.4, -0.2) is 23.7 Å². The molecule has 0 atom stereocenters. The van der Waals surface area contributed by atoms with Crippen molar-refractivity contribution >= 4 is 36.4 Å². The number of pyridine rings is 1. The number of nitrogens with two attached hydrogens (primary N) is 1. The second-order valence-electron chi connectivity index (χ2n) is 5.35. The number of nitrogens with one attached hydrogen (secondary N) is 1. The molecule has 1 aromatic heterocycles. The molecule has 0 fully saturated rings. The van der Waals surface area contributed by atoms with Gasteiger partial charge in [-0.2, -0.15) is 13.2 Å². The third-order valence-electron chi connectivity index (χ3n) is 3.38. The summed E-state index contributed by atoms with van der Waals surface area (Å²) < 4.78 is 41.4. The smallest absolute Gasteiger partial charge is 0.422 e. The van der Waals surface area contributed by atoms with E-state index < -0.39 is 12.8 Å². The highest BCUT2D eigenvalue weighted by atomic mass is 35.5. The van der Waals surface area contributed by atoms with Crippen LogP contribution in [-0.2, 0) is 17.8 Å². The zero-order valence-corrected chi connectivity index (χ0v) is 15.8. The van der Waals surface area contributed by atoms with Gasteiger partial charge in [-0.1, -0.05) is 24.3 Å². The Hall–Kier alpha value is -2.19. The van der Waals surface area contributed by atoms with Gasteiger partial charge < -0.3 is 15.8 Å². The van der Waals surface area contributed by atoms with Crippen LogP contribution in [0.15, 0.2) is 42.6 Å². The van der Waals surface area contributed by atoms with E-state index in [-0.39, 0.29) is 49.6 Å². The molecule has 2 rings (SSSR count). The summed E-state index contributed by atoms with van der Waals surface area (Å²) in [6.45, 7) is -1.40. The maximum absolute atomic E-state index is 12.2. The lowest BCUT2D eigenvalue weighted by Crippen LogP contribution is -2.24. The number of aromatic nitrogens is 1. The highest BCUT2D eigenvalue weighted by Crippen LogP contribution is 2.20. The van der Waals surface area contributed by atoms with Gasteiger partial charge >= 0.3 is 6.18 Å². The molecule has 0 spiro atoms. The van der Waals surface area contributed by atoms with Crippen LogP contribution >= 0.6 is 24.8 Å². The van der Waals surface area contributed by atoms with Crippen LogP contribution in [0.4, 0.5) is 18.9 Å². The Bertz CT molecular complexity index is 731. The summed E-state index contributed by atoms with van der Waals surface area (Å²) in [5, 5.41) is 2.65. The van der Waals surface area contributed by atoms with Crippen LogP contribution in [0.1, 0.15) is 17.5 Å². The molecule has 0 saturated heterocycles. The first kappa shape index (κ1) is 24.8. The van der Waals surface area contributed by atoms with Gasteiger partial charge in [0.25, 0.3) is 0 Å². The minimum absolute atomic E-state index is 0. The zero-order chi connectivity index (χ0) is 18.3. The van der Waals surface area contributed by atoms with Gasteiger partial charge in [0.15, 0.2) is 6.61 Å². The summed E-state index contributed by atoms with van der Waals surface area (Å²) in [5.41, 5.74) is 7.67. The molecule has 1 heterocycles. The van der Waals surface area contributed by atoms with Gasteiger partial charge in [0.2, 0.25) is 11.8 Å². The van der Waals surface area contributed by atoms with Crippen molar-refractivity contribution in [2.24, 2.45) is 0 Å². The number of hydrogen-bond donors (Lipinski definition) is 2. The minimum Gasteiger partial charge on any atom is -0.468 e. The fraction of sp³-hybridized carbons (Fsp3) is 0.294. The quantitative estimate of drug-likeness (QED) is 0.663. The first-order valence-corrected chi connectivity index (χ1v) is 7.58. The first-order valence-electron chi connectivity index (χ1n) is 7.58. The van der Waals surface area contributed by atoms with E-state index >= 15 is 0 Å². The second kappa shape index (κ2) is 11.5. The molecule has 3 N–H and O–H groups in total. The lowest BCUT2D eigenvalue weighted by molar-refractivity contribution is -0.154. The van der Waals surface area contributed by atoms with Crippen molar-refractivity contribution in [1.29, 1.82) is 0 Å². The predicted molar refractivity (Wildman–Crippen MR) is 101 cm³/mol. The summed E-state index contributed by atoms with van der Waals surface area (Å²) >= 11 is 0. The molecule has 150 valence electrons. The molecule has 0 aliphatic carbocycles. The van der Waals surface area contributed by atoms with E-state index in [4.69, 9.17) is 5.73 Å². The predicted octanol–water partition coefficient (Wildman–Crippen LogP) is 3.70. The van der Waals surface area contributed by atoms with Crippen LogP contribution < -0.4 is 15.8 Å². The number of para-hydroxylation sites is 1. The van der Waals surface area contributed by atoms with Crippen LogP contribution in [0.2, 0.25) is 0 Å². The molecule has 1 aromatic carbocycles. The fourth-order valence-electron chi connectivity index (χ4n) is 2.13. The molecule has 27 heavy (non-hydrogen) atoms. The molecule has 5 nitrogen and oxygen atoms in total. The average molecular weight is 426 g/mol. The van der Waals surface area contributed by atoms with Crippen molar-refractivity contribution < 1.29 is 22.7 Å². The summed E-state index contributed by atoms with van der Waals surface area (Å²) in [6, 6.07) is 10.4. The largest absolute Gasteiger partial charge is 0.468 e. The van der Waals surface area contributed by atoms with Crippen molar-refractivity contribution in [3.8, 4) is 5.88 Å². The number of nitrogen functional groups attached to an aromatic ring is 1. The van der Waals surface area contributed by atoms with Crippen molar-refractivity contribution in [1.82, 2.24) is 10.3 Å². The van der Waals surface area contributed by atoms with Crippen LogP contribution in [0.5, 0.6) is 5.88 Å². The number of aryl methyl sites for hydroxylation is 1. The third-order valence-corrected chi connectivity index (χ3v) is 3.38. The fourth-order valence-corrected chi connectivity index (χ4v) is 2.13. The van der Waals surface area contributed by atoms with Crippen molar-refractivity contribution in [3.05, 3.63) is 53.7 Å². The number of alkyl halides is 3. The van der Waals surface area contributed by atoms with Gasteiger partial charge in [0.1, 0.15) is 0 Å². The van der Waals surface area contributed by atoms with E-state index in [0.29, 0.717) is 17.7 Å². The van der Waals surface area contributed by atoms with E-state index in [9.17, 15) is 18.0 Å². The molecular formula is C17H20Cl2F3N3O2. The Labute approximate surface area is 167 Å². The van der Waals surface area contributed by atoms with Gasteiger partial charge in [0.05, 0.1) is 0 Å². The van der Waals surface area contributed by atoms with E-state index in [1.807, 2.05) is 18.2 Å². The van der Waals surface area contributed by atoms with Crippen LogP contribution in [0.25, 0.3) is 0 Å². The lowest BCUT2D eigenvalue weighted by atomic mass is 10.1. The molecule has 2 aromatic rings. The summed E-state index contributed by atoms with van der Waals surface area (Å²) in [5.74, 6) is -0.388. The number of carbonyl (C=O) groups excluding carboxylic acids is 1. The molecule has 10 heteroatoms. The Kier molecular flexibility index (Phi) is 10.6. The molecule has 0 radical (unpaired) electrons. The SMILES string of the molecule is Cl.Cl.Nc1ccccc1CCC(=O)NCc1cccnc1OCC(F)(F)F. The monoisotopic (exact) mass is 425 g/mol. The average Bonchev–Trinajstić information content (AvgIpc) is 2.57. The number of ether oxygens (including phenoxy) is 1. The normalized spacial score (nSPS) is 10.3. The summed E-state index contributed by atoms with van der Waals surface area (Å²) in [4.78, 5) is 15.7. The number of anilines is 1. The summed E-state index contributed by atoms with van der Waals surface area (Å²) in [7, 11) is 0. The molecule has 0 bridgehead atoms. The molecule has 1 amide bonds. The van der Waals surface area contributed by atoms with Crippen LogP contribution in [0, 0.1) is 0 Å². The molecular weight excluding hydrogens is 406 g/mol. The van der Waals surface area contributed by atoms with E-state index in [2.05, 4.69) is 15.0 Å². The van der Waals surface area contributed by atoms with E-state index in [1.165, 1.54) is 6.20 Å². The standard InChI is InChI=1S/C17H18F3N3O2.2ClH/c18-17(19,20)11-25-16-13(5-3-9-22-16)10-23-15(24)8-7-12-4-1-2-6-14(12)21;;/h1-6,9H,7-8,10-11,21H2,(H,23,24);2*1H. The van der Waals surface area contributed by atoms with E-state index in [0.717, 1.165) is 5.56 Å². The molecule has 0 aliphatic heterocycles. The number of hydrogen-bond acceptors (Lipinski definition) is 4. The highest BCUT2D eigenvalue weighted by Gasteiger charge is 2.29. The topological polar surface area (TPSA) is 77.2 Å². The molecule has 0 aliphatic rings. The Morgan fingerprint density at radius 1 is 1.11 bits per heavy atom. The van der Waals surface area contributed by atoms with Gasteiger partial charge in [-0.25, -0.2) is 4.98 Å². The number of carbonyl (C=O) groups is 1. The molecule has 0 saturated carbocycles. The van der Waals surface area contributed by atoms with Gasteiger partial charge in [-0.15, -0.1) is 24.8 Å². The van der Waals surface area contributed by atoms with Gasteiger partial charge in [-0.3, -0.25) is 4.79 Å². The molecule has 0 unspecified atom stereocenters. The van der Waals surface area contributed by atoms with Crippen molar-refractivity contribution in [2.75, 3.05) is 12.3 Å². The van der Waals surface area contributed by atoms with Gasteiger partial charge in [-0.05, 0) is 24.1 Å². The van der Waals surface area contributed by atoms with Gasteiger partial charge in [0, 0.05) is 30.4 Å². The van der Waals surface area contributed by atoms with Crippen LogP contribution in [0.3, 0.4) is 0 Å². The number of rotatable bonds is 7. The number of amides is 1. The first-order chi connectivity index (χ1) is 11.8. The lowest BCUT2D eigenvalue weighted by Gasteiger charge is -2.12. The Balaban J connectivity index is 0.00000338. The zero-order valence-electron chi connectivity index (χ0n) is 14.2. The maximum Gasteiger partial charge on any atom is 0.422 e. The number of benzene rings is 1. The van der Waals surface area contributed by atoms with Crippen molar-refractivity contribution in [3.63, 3.8) is 0 Å². The third kappa shape index (κ3) is 8.83. The maximum atomic E-state index is 12.2. The van der Waals surface area contributed by atoms with Crippen molar-refractivity contribution in [2.45, 2.75) is 25.6 Å². The summed E-state index contributed by atoms with van der Waals surface area (Å²) in [6.07, 6.45) is -2.43. The second-order valence-corrected chi connectivity index (χ2v) is 5.35. The number of halogens is 5.